The number of pyridine rings is 1. The molecule has 1 fully saturated rings. The molecule has 26 heavy (non-hydrogen) atoms. The Morgan fingerprint density at radius 3 is 2.50 bits per heavy atom. The topological polar surface area (TPSA) is 71.5 Å². The van der Waals surface area contributed by atoms with E-state index in [-0.39, 0.29) is 24.5 Å². The number of hydrogen-bond donors (Lipinski definition) is 1. The number of ketones is 1. The first-order chi connectivity index (χ1) is 12.7. The highest BCUT2D eigenvalue weighted by Crippen LogP contribution is 2.13. The lowest BCUT2D eigenvalue weighted by molar-refractivity contribution is -0.121. The van der Waals surface area contributed by atoms with E-state index in [0.717, 1.165) is 37.7 Å². The molecule has 1 N–H and O–H groups in total. The van der Waals surface area contributed by atoms with Crippen LogP contribution in [0.25, 0.3) is 0 Å². The number of nitrogens with zero attached hydrogens (tertiary/aromatic N) is 2. The minimum Gasteiger partial charge on any atom is -0.378 e. The molecule has 1 aromatic carbocycles. The number of carbonyl (C=O) groups is 2. The fourth-order valence-corrected chi connectivity index (χ4v) is 2.79. The van der Waals surface area contributed by atoms with Crippen molar-refractivity contribution in [3.05, 3.63) is 59.8 Å². The zero-order valence-corrected chi connectivity index (χ0v) is 14.7. The van der Waals surface area contributed by atoms with Crippen LogP contribution < -0.4 is 10.2 Å². The summed E-state index contributed by atoms with van der Waals surface area (Å²) in [7, 11) is 0. The molecule has 0 atom stereocenters. The maximum absolute atomic E-state index is 12.0. The number of nitrogens with one attached hydrogen (secondary N) is 1. The predicted molar refractivity (Wildman–Crippen MR) is 99.1 cm³/mol. The summed E-state index contributed by atoms with van der Waals surface area (Å²) in [6.07, 6.45) is 2.18. The first kappa shape index (κ1) is 18.1. The molecule has 0 spiro atoms. The van der Waals surface area contributed by atoms with E-state index in [4.69, 9.17) is 4.74 Å². The summed E-state index contributed by atoms with van der Waals surface area (Å²) in [6.45, 7) is 3.55. The lowest BCUT2D eigenvalue weighted by Gasteiger charge is -2.27. The van der Waals surface area contributed by atoms with Gasteiger partial charge in [0.25, 0.3) is 0 Å². The van der Waals surface area contributed by atoms with Crippen LogP contribution in [-0.4, -0.2) is 43.0 Å². The van der Waals surface area contributed by atoms with Crippen LogP contribution in [0.5, 0.6) is 0 Å². The van der Waals surface area contributed by atoms with Gasteiger partial charge in [-0.2, -0.15) is 0 Å². The van der Waals surface area contributed by atoms with Crippen molar-refractivity contribution in [3.8, 4) is 0 Å². The van der Waals surface area contributed by atoms with E-state index < -0.39 is 0 Å². The number of ether oxygens (including phenoxy) is 1. The summed E-state index contributed by atoms with van der Waals surface area (Å²) in [5, 5.41) is 2.84. The van der Waals surface area contributed by atoms with Gasteiger partial charge in [0.15, 0.2) is 5.78 Å². The van der Waals surface area contributed by atoms with E-state index in [1.165, 1.54) is 0 Å². The Bertz CT molecular complexity index is 726. The van der Waals surface area contributed by atoms with Crippen molar-refractivity contribution in [1.29, 1.82) is 0 Å². The number of amides is 1. The van der Waals surface area contributed by atoms with Gasteiger partial charge < -0.3 is 15.0 Å². The molecule has 1 amide bonds. The molecule has 0 radical (unpaired) electrons. The van der Waals surface area contributed by atoms with Gasteiger partial charge >= 0.3 is 0 Å². The highest BCUT2D eigenvalue weighted by molar-refractivity contribution is 5.97. The summed E-state index contributed by atoms with van der Waals surface area (Å²) >= 11 is 0. The predicted octanol–water partition coefficient (Wildman–Crippen LogP) is 2.20. The van der Waals surface area contributed by atoms with Gasteiger partial charge in [-0.15, -0.1) is 0 Å². The Hall–Kier alpha value is -2.73. The Morgan fingerprint density at radius 1 is 1.04 bits per heavy atom. The van der Waals surface area contributed by atoms with Crippen molar-refractivity contribution < 1.29 is 14.3 Å². The molecule has 0 bridgehead atoms. The zero-order chi connectivity index (χ0) is 18.2. The second-order valence-corrected chi connectivity index (χ2v) is 6.19. The van der Waals surface area contributed by atoms with Crippen LogP contribution in [0.3, 0.4) is 0 Å². The Balaban J connectivity index is 1.42. The molecular formula is C20H23N3O3. The highest BCUT2D eigenvalue weighted by Gasteiger charge is 2.12. The van der Waals surface area contributed by atoms with Crippen LogP contribution in [-0.2, 0) is 16.1 Å². The number of rotatable bonds is 7. The van der Waals surface area contributed by atoms with Crippen LogP contribution in [0, 0.1) is 0 Å². The number of carbonyl (C=O) groups excluding carboxylic acids is 2. The Morgan fingerprint density at radius 2 is 1.81 bits per heavy atom. The second-order valence-electron chi connectivity index (χ2n) is 6.19. The molecule has 0 unspecified atom stereocenters. The van der Waals surface area contributed by atoms with Crippen LogP contribution in [0.15, 0.2) is 48.7 Å². The molecule has 3 rings (SSSR count). The van der Waals surface area contributed by atoms with Gasteiger partial charge in [0.05, 0.1) is 13.2 Å². The number of hydrogen-bond acceptors (Lipinski definition) is 5. The molecule has 1 aliphatic rings. The quantitative estimate of drug-likeness (QED) is 0.773. The normalized spacial score (nSPS) is 14.1. The van der Waals surface area contributed by atoms with Crippen LogP contribution >= 0.6 is 0 Å². The van der Waals surface area contributed by atoms with Crippen molar-refractivity contribution in [2.24, 2.45) is 0 Å². The average molecular weight is 353 g/mol. The number of morpholine rings is 1. The zero-order valence-electron chi connectivity index (χ0n) is 14.7. The minimum absolute atomic E-state index is 0.0164. The molecule has 6 heteroatoms. The van der Waals surface area contributed by atoms with Gasteiger partial charge in [-0.05, 0) is 11.6 Å². The third-order valence-electron chi connectivity index (χ3n) is 4.31. The lowest BCUT2D eigenvalue weighted by Crippen LogP contribution is -2.36. The summed E-state index contributed by atoms with van der Waals surface area (Å²) in [5.74, 6) is 0.778. The third kappa shape index (κ3) is 5.13. The molecule has 1 aliphatic heterocycles. The molecule has 2 heterocycles. The lowest BCUT2D eigenvalue weighted by atomic mass is 10.1. The highest BCUT2D eigenvalue weighted by atomic mass is 16.5. The van der Waals surface area contributed by atoms with Crippen LogP contribution in [0.2, 0.25) is 0 Å². The number of benzene rings is 1. The fourth-order valence-electron chi connectivity index (χ4n) is 2.79. The van der Waals surface area contributed by atoms with Gasteiger partial charge in [0, 0.05) is 44.2 Å². The van der Waals surface area contributed by atoms with Gasteiger partial charge in [-0.1, -0.05) is 36.4 Å². The van der Waals surface area contributed by atoms with E-state index >= 15 is 0 Å². The minimum atomic E-state index is -0.133. The number of Topliss-reactive ketones (excluding diaryl/α,β-unsaturated/α-hetero) is 1. The van der Waals surface area contributed by atoms with Crippen molar-refractivity contribution in [2.45, 2.75) is 19.4 Å². The summed E-state index contributed by atoms with van der Waals surface area (Å²) in [6, 6.07) is 13.0. The molecule has 1 aromatic heterocycles. The first-order valence-corrected chi connectivity index (χ1v) is 8.85. The smallest absolute Gasteiger partial charge is 0.220 e. The van der Waals surface area contributed by atoms with Gasteiger partial charge in [0.2, 0.25) is 5.91 Å². The monoisotopic (exact) mass is 353 g/mol. The third-order valence-corrected chi connectivity index (χ3v) is 4.31. The summed E-state index contributed by atoms with van der Waals surface area (Å²) in [5.41, 5.74) is 1.58. The van der Waals surface area contributed by atoms with Crippen molar-refractivity contribution in [3.63, 3.8) is 0 Å². The number of anilines is 1. The standard InChI is InChI=1S/C20H23N3O3/c24-18(17-4-2-1-3-5-17)7-9-20(25)22-15-16-6-8-19(21-14-16)23-10-12-26-13-11-23/h1-6,8,14H,7,9-13,15H2,(H,22,25). The van der Waals surface area contributed by atoms with E-state index in [9.17, 15) is 9.59 Å². The Labute approximate surface area is 153 Å². The molecule has 2 aromatic rings. The van der Waals surface area contributed by atoms with Crippen molar-refractivity contribution in [2.75, 3.05) is 31.2 Å². The van der Waals surface area contributed by atoms with E-state index in [0.29, 0.717) is 12.1 Å². The van der Waals surface area contributed by atoms with Gasteiger partial charge in [-0.3, -0.25) is 9.59 Å². The molecular weight excluding hydrogens is 330 g/mol. The molecule has 6 nitrogen and oxygen atoms in total. The van der Waals surface area contributed by atoms with Gasteiger partial charge in [0.1, 0.15) is 5.82 Å². The largest absolute Gasteiger partial charge is 0.378 e. The van der Waals surface area contributed by atoms with E-state index in [1.807, 2.05) is 30.3 Å². The molecule has 0 saturated carbocycles. The van der Waals surface area contributed by atoms with E-state index in [2.05, 4.69) is 15.2 Å². The maximum Gasteiger partial charge on any atom is 0.220 e. The summed E-state index contributed by atoms with van der Waals surface area (Å²) < 4.78 is 5.34. The van der Waals surface area contributed by atoms with Gasteiger partial charge in [-0.25, -0.2) is 4.98 Å². The van der Waals surface area contributed by atoms with Crippen molar-refractivity contribution >= 4 is 17.5 Å². The number of aromatic nitrogens is 1. The Kier molecular flexibility index (Phi) is 6.33. The SMILES string of the molecule is O=C(CCC(=O)c1ccccc1)NCc1ccc(N2CCOCC2)nc1. The fraction of sp³-hybridized carbons (Fsp3) is 0.350. The molecule has 0 aliphatic carbocycles. The van der Waals surface area contributed by atoms with Crippen molar-refractivity contribution in [1.82, 2.24) is 10.3 Å². The van der Waals surface area contributed by atoms with Crippen LogP contribution in [0.4, 0.5) is 5.82 Å². The maximum atomic E-state index is 12.0. The van der Waals surface area contributed by atoms with E-state index in [1.54, 1.807) is 18.3 Å². The molecule has 1 saturated heterocycles. The van der Waals surface area contributed by atoms with Crippen LogP contribution in [0.1, 0.15) is 28.8 Å². The second kappa shape index (κ2) is 9.10. The molecule has 136 valence electrons. The average Bonchev–Trinajstić information content (AvgIpc) is 2.72. The first-order valence-electron chi connectivity index (χ1n) is 8.85. The summed E-state index contributed by atoms with van der Waals surface area (Å²) in [4.78, 5) is 30.6.